The first-order valence-electron chi connectivity index (χ1n) is 6.61. The van der Waals surface area contributed by atoms with Crippen molar-refractivity contribution in [1.29, 1.82) is 0 Å². The summed E-state index contributed by atoms with van der Waals surface area (Å²) >= 11 is 0. The molecule has 0 radical (unpaired) electrons. The third-order valence-corrected chi connectivity index (χ3v) is 3.90. The lowest BCUT2D eigenvalue weighted by atomic mass is 10.1. The second-order valence-corrected chi connectivity index (χ2v) is 5.07. The molecule has 0 saturated carbocycles. The van der Waals surface area contributed by atoms with Gasteiger partial charge in [0.05, 0.1) is 36.9 Å². The van der Waals surface area contributed by atoms with Crippen LogP contribution in [0, 0.1) is 5.82 Å². The van der Waals surface area contributed by atoms with Crippen molar-refractivity contribution in [2.24, 2.45) is 0 Å². The van der Waals surface area contributed by atoms with E-state index in [2.05, 4.69) is 24.6 Å². The van der Waals surface area contributed by atoms with Crippen molar-refractivity contribution in [3.8, 4) is 0 Å². The minimum atomic E-state index is -0.397. The smallest absolute Gasteiger partial charge is 0.225 e. The largest absolute Gasteiger partial charge is 0.333 e. The average molecular weight is 259 g/mol. The molecule has 2 aromatic rings. The van der Waals surface area contributed by atoms with E-state index in [1.807, 2.05) is 0 Å². The molecule has 1 aliphatic heterocycles. The topological polar surface area (TPSA) is 46.8 Å². The molecule has 2 aromatic heterocycles. The predicted molar refractivity (Wildman–Crippen MR) is 67.3 cm³/mol. The Morgan fingerprint density at radius 3 is 2.79 bits per heavy atom. The maximum atomic E-state index is 12.9. The second-order valence-electron chi connectivity index (χ2n) is 5.07. The lowest BCUT2D eigenvalue weighted by molar-refractivity contribution is 0.503. The van der Waals surface area contributed by atoms with Crippen molar-refractivity contribution in [2.75, 3.05) is 11.4 Å². The molecule has 0 aromatic carbocycles. The Hall–Kier alpha value is -1.98. The van der Waals surface area contributed by atoms with Crippen LogP contribution in [0.1, 0.15) is 23.4 Å². The molecule has 0 N–H and O–H groups in total. The van der Waals surface area contributed by atoms with Crippen LogP contribution < -0.4 is 4.90 Å². The normalized spacial score (nSPS) is 17.4. The maximum Gasteiger partial charge on any atom is 0.225 e. The Balaban J connectivity index is 1.66. The van der Waals surface area contributed by atoms with Crippen LogP contribution in [0.15, 0.2) is 12.4 Å². The van der Waals surface area contributed by atoms with Gasteiger partial charge in [0.1, 0.15) is 0 Å². The van der Waals surface area contributed by atoms with Crippen LogP contribution in [0.25, 0.3) is 0 Å². The first kappa shape index (κ1) is 10.9. The van der Waals surface area contributed by atoms with E-state index in [4.69, 9.17) is 0 Å². The Morgan fingerprint density at radius 2 is 1.95 bits per heavy atom. The van der Waals surface area contributed by atoms with Gasteiger partial charge in [-0.2, -0.15) is 5.10 Å². The highest BCUT2D eigenvalue weighted by atomic mass is 19.1. The second kappa shape index (κ2) is 4.01. The number of hydrogen-bond donors (Lipinski definition) is 0. The van der Waals surface area contributed by atoms with E-state index >= 15 is 0 Å². The molecule has 0 atom stereocenters. The van der Waals surface area contributed by atoms with Crippen LogP contribution in [0.2, 0.25) is 0 Å². The first-order valence-corrected chi connectivity index (χ1v) is 6.61. The van der Waals surface area contributed by atoms with Crippen molar-refractivity contribution in [1.82, 2.24) is 19.7 Å². The van der Waals surface area contributed by atoms with Crippen molar-refractivity contribution in [3.05, 3.63) is 35.2 Å². The van der Waals surface area contributed by atoms with E-state index in [1.165, 1.54) is 35.8 Å². The summed E-state index contributed by atoms with van der Waals surface area (Å²) in [7, 11) is 0. The number of anilines is 1. The zero-order valence-corrected chi connectivity index (χ0v) is 10.5. The number of halogens is 1. The molecular formula is C13H14FN5. The van der Waals surface area contributed by atoms with Gasteiger partial charge < -0.3 is 4.90 Å². The van der Waals surface area contributed by atoms with E-state index in [1.54, 1.807) is 0 Å². The van der Waals surface area contributed by atoms with Gasteiger partial charge in [0.15, 0.2) is 5.82 Å². The third-order valence-electron chi connectivity index (χ3n) is 3.90. The molecule has 0 bridgehead atoms. The van der Waals surface area contributed by atoms with Gasteiger partial charge >= 0.3 is 0 Å². The molecule has 0 saturated heterocycles. The summed E-state index contributed by atoms with van der Waals surface area (Å²) in [5.74, 6) is 0.201. The molecule has 4 rings (SSSR count). The van der Waals surface area contributed by atoms with Crippen molar-refractivity contribution >= 4 is 5.95 Å². The molecule has 2 aliphatic rings. The molecule has 0 fully saturated rings. The molecule has 0 amide bonds. The monoisotopic (exact) mass is 259 g/mol. The molecule has 1 aliphatic carbocycles. The number of hydrogen-bond acceptors (Lipinski definition) is 4. The standard InChI is InChI=1S/C13H14FN5/c14-9-6-15-13(16-7-9)18-4-5-19-12(8-18)10-2-1-3-11(10)17-19/h6-7H,1-5,8H2. The van der Waals surface area contributed by atoms with E-state index in [0.717, 1.165) is 32.5 Å². The van der Waals surface area contributed by atoms with Gasteiger partial charge in [0, 0.05) is 6.54 Å². The summed E-state index contributed by atoms with van der Waals surface area (Å²) in [5, 5.41) is 4.66. The van der Waals surface area contributed by atoms with E-state index in [-0.39, 0.29) is 0 Å². The summed E-state index contributed by atoms with van der Waals surface area (Å²) in [6, 6.07) is 0. The van der Waals surface area contributed by atoms with Crippen LogP contribution >= 0.6 is 0 Å². The fourth-order valence-electron chi connectivity index (χ4n) is 2.99. The van der Waals surface area contributed by atoms with Gasteiger partial charge in [-0.3, -0.25) is 4.68 Å². The first-order chi connectivity index (χ1) is 9.31. The average Bonchev–Trinajstić information content (AvgIpc) is 2.99. The summed E-state index contributed by atoms with van der Waals surface area (Å²) in [4.78, 5) is 10.2. The maximum absolute atomic E-state index is 12.9. The highest BCUT2D eigenvalue weighted by molar-refractivity contribution is 5.37. The number of nitrogens with zero attached hydrogens (tertiary/aromatic N) is 5. The molecule has 3 heterocycles. The molecular weight excluding hydrogens is 245 g/mol. The summed E-state index contributed by atoms with van der Waals surface area (Å²) < 4.78 is 15.0. The number of aromatic nitrogens is 4. The lowest BCUT2D eigenvalue weighted by Gasteiger charge is -2.28. The number of aryl methyl sites for hydroxylation is 1. The zero-order chi connectivity index (χ0) is 12.8. The minimum absolute atomic E-state index is 0.397. The molecule has 98 valence electrons. The summed E-state index contributed by atoms with van der Waals surface area (Å²) in [5.41, 5.74) is 3.95. The van der Waals surface area contributed by atoms with E-state index in [0.29, 0.717) is 5.95 Å². The molecule has 0 spiro atoms. The predicted octanol–water partition coefficient (Wildman–Crippen LogP) is 1.32. The zero-order valence-electron chi connectivity index (χ0n) is 10.5. The molecule has 0 unspecified atom stereocenters. The van der Waals surface area contributed by atoms with E-state index in [9.17, 15) is 4.39 Å². The Bertz CT molecular complexity index is 619. The van der Waals surface area contributed by atoms with Crippen molar-refractivity contribution < 1.29 is 4.39 Å². The molecule has 5 nitrogen and oxygen atoms in total. The Labute approximate surface area is 110 Å². The van der Waals surface area contributed by atoms with E-state index < -0.39 is 5.82 Å². The molecule has 6 heteroatoms. The van der Waals surface area contributed by atoms with Crippen molar-refractivity contribution in [2.45, 2.75) is 32.4 Å². The SMILES string of the molecule is Fc1cnc(N2CCn3nc4c(c3C2)CCC4)nc1. The lowest BCUT2D eigenvalue weighted by Crippen LogP contribution is -2.35. The fourth-order valence-corrected chi connectivity index (χ4v) is 2.99. The summed E-state index contributed by atoms with van der Waals surface area (Å²) in [6.07, 6.45) is 5.88. The quantitative estimate of drug-likeness (QED) is 0.775. The van der Waals surface area contributed by atoms with Gasteiger partial charge in [-0.25, -0.2) is 14.4 Å². The third kappa shape index (κ3) is 1.70. The van der Waals surface area contributed by atoms with Gasteiger partial charge in [-0.1, -0.05) is 0 Å². The van der Waals surface area contributed by atoms with Gasteiger partial charge in [-0.15, -0.1) is 0 Å². The van der Waals surface area contributed by atoms with Crippen LogP contribution in [-0.2, 0) is 25.9 Å². The van der Waals surface area contributed by atoms with Crippen LogP contribution in [0.4, 0.5) is 10.3 Å². The Morgan fingerprint density at radius 1 is 1.11 bits per heavy atom. The minimum Gasteiger partial charge on any atom is -0.333 e. The molecule has 19 heavy (non-hydrogen) atoms. The number of fused-ring (bicyclic) bond motifs is 3. The van der Waals surface area contributed by atoms with Crippen LogP contribution in [0.5, 0.6) is 0 Å². The van der Waals surface area contributed by atoms with Gasteiger partial charge in [0.25, 0.3) is 0 Å². The summed E-state index contributed by atoms with van der Waals surface area (Å²) in [6.45, 7) is 2.44. The number of rotatable bonds is 1. The highest BCUT2D eigenvalue weighted by Crippen LogP contribution is 2.28. The van der Waals surface area contributed by atoms with Gasteiger partial charge in [-0.05, 0) is 24.8 Å². The van der Waals surface area contributed by atoms with Crippen molar-refractivity contribution in [3.63, 3.8) is 0 Å². The van der Waals surface area contributed by atoms with Gasteiger partial charge in [0.2, 0.25) is 5.95 Å². The van der Waals surface area contributed by atoms with Crippen LogP contribution in [-0.4, -0.2) is 26.3 Å². The highest BCUT2D eigenvalue weighted by Gasteiger charge is 2.27. The fraction of sp³-hybridized carbons (Fsp3) is 0.462. The van der Waals surface area contributed by atoms with Crippen LogP contribution in [0.3, 0.4) is 0 Å². The Kier molecular flexibility index (Phi) is 2.30.